The highest BCUT2D eigenvalue weighted by molar-refractivity contribution is 7.92. The van der Waals surface area contributed by atoms with Crippen LogP contribution in [0.5, 0.6) is 0 Å². The van der Waals surface area contributed by atoms with Crippen LogP contribution in [-0.4, -0.2) is 18.4 Å². The summed E-state index contributed by atoms with van der Waals surface area (Å²) in [7, 11) is -3.85. The predicted octanol–water partition coefficient (Wildman–Crippen LogP) is 5.64. The molecule has 158 valence electrons. The van der Waals surface area contributed by atoms with Crippen LogP contribution in [0.1, 0.15) is 5.56 Å². The van der Waals surface area contributed by atoms with Crippen LogP contribution in [-0.2, 0) is 10.0 Å². The first-order chi connectivity index (χ1) is 15.5. The van der Waals surface area contributed by atoms with Gasteiger partial charge in [0.2, 0.25) is 0 Å². The lowest BCUT2D eigenvalue weighted by molar-refractivity contribution is 0.601. The van der Waals surface area contributed by atoms with Crippen molar-refractivity contribution in [3.63, 3.8) is 0 Å². The molecule has 1 heterocycles. The Morgan fingerprint density at radius 3 is 2.12 bits per heavy atom. The number of hydrogen-bond acceptors (Lipinski definition) is 5. The van der Waals surface area contributed by atoms with Crippen LogP contribution in [0.4, 0.5) is 17.3 Å². The van der Waals surface area contributed by atoms with Gasteiger partial charge in [0.25, 0.3) is 10.0 Å². The summed E-state index contributed by atoms with van der Waals surface area (Å²) < 4.78 is 28.7. The predicted molar refractivity (Wildman–Crippen MR) is 129 cm³/mol. The van der Waals surface area contributed by atoms with Crippen molar-refractivity contribution in [3.8, 4) is 0 Å². The van der Waals surface area contributed by atoms with Crippen LogP contribution in [0.2, 0.25) is 0 Å². The molecule has 0 aliphatic heterocycles. The molecule has 0 aliphatic rings. The fourth-order valence-corrected chi connectivity index (χ4v) is 4.64. The highest BCUT2D eigenvalue weighted by Gasteiger charge is 2.19. The molecule has 5 rings (SSSR count). The second-order valence-corrected chi connectivity index (χ2v) is 9.20. The molecule has 0 radical (unpaired) electrons. The molecule has 5 aromatic rings. The van der Waals surface area contributed by atoms with E-state index in [0.717, 1.165) is 22.0 Å². The third-order valence-corrected chi connectivity index (χ3v) is 6.45. The number of anilines is 3. The van der Waals surface area contributed by atoms with Gasteiger partial charge >= 0.3 is 0 Å². The highest BCUT2D eigenvalue weighted by atomic mass is 32.2. The van der Waals surface area contributed by atoms with Gasteiger partial charge in [0.15, 0.2) is 11.6 Å². The molecule has 0 fully saturated rings. The SMILES string of the molecule is Cc1cccc(S(=O)(=O)Nc2nc3ccccc3nc2Nc2ccc3ccccc3c2)c1. The molecule has 0 aliphatic carbocycles. The average Bonchev–Trinajstić information content (AvgIpc) is 2.79. The minimum absolute atomic E-state index is 0.137. The summed E-state index contributed by atoms with van der Waals surface area (Å²) in [5.41, 5.74) is 2.89. The highest BCUT2D eigenvalue weighted by Crippen LogP contribution is 2.28. The lowest BCUT2D eigenvalue weighted by Gasteiger charge is -2.14. The van der Waals surface area contributed by atoms with E-state index >= 15 is 0 Å². The Balaban J connectivity index is 1.58. The summed E-state index contributed by atoms with van der Waals surface area (Å²) in [6.45, 7) is 1.85. The van der Waals surface area contributed by atoms with E-state index in [1.807, 2.05) is 73.7 Å². The molecule has 4 aromatic carbocycles. The fraction of sp³-hybridized carbons (Fsp3) is 0.0400. The third-order valence-electron chi connectivity index (χ3n) is 5.11. The molecule has 0 unspecified atom stereocenters. The Bertz CT molecular complexity index is 1570. The van der Waals surface area contributed by atoms with Crippen LogP contribution < -0.4 is 10.0 Å². The Kier molecular flexibility index (Phi) is 4.95. The summed E-state index contributed by atoms with van der Waals surface area (Å²) in [5.74, 6) is 0.466. The molecule has 7 heteroatoms. The molecule has 1 aromatic heterocycles. The smallest absolute Gasteiger partial charge is 0.263 e. The summed E-state index contributed by atoms with van der Waals surface area (Å²) in [6.07, 6.45) is 0. The quantitative estimate of drug-likeness (QED) is 0.370. The van der Waals surface area contributed by atoms with Gasteiger partial charge < -0.3 is 5.32 Å². The molecular weight excluding hydrogens is 420 g/mol. The van der Waals surface area contributed by atoms with Gasteiger partial charge in [0.1, 0.15) is 0 Å². The van der Waals surface area contributed by atoms with Gasteiger partial charge in [-0.3, -0.25) is 4.72 Å². The maximum Gasteiger partial charge on any atom is 0.263 e. The van der Waals surface area contributed by atoms with Crippen molar-refractivity contribution in [3.05, 3.63) is 96.6 Å². The summed E-state index contributed by atoms with van der Waals surface area (Å²) >= 11 is 0. The van der Waals surface area contributed by atoms with Crippen molar-refractivity contribution >= 4 is 49.2 Å². The molecule has 2 N–H and O–H groups in total. The molecule has 0 spiro atoms. The zero-order valence-electron chi connectivity index (χ0n) is 17.3. The zero-order chi connectivity index (χ0) is 22.1. The zero-order valence-corrected chi connectivity index (χ0v) is 18.1. The molecular formula is C25H20N4O2S. The van der Waals surface area contributed by atoms with E-state index < -0.39 is 10.0 Å². The van der Waals surface area contributed by atoms with Crippen molar-refractivity contribution in [1.29, 1.82) is 0 Å². The summed E-state index contributed by atoms with van der Waals surface area (Å²) in [5, 5.41) is 5.42. The van der Waals surface area contributed by atoms with E-state index in [2.05, 4.69) is 20.0 Å². The van der Waals surface area contributed by atoms with Crippen LogP contribution in [0.15, 0.2) is 95.9 Å². The number of nitrogens with zero attached hydrogens (tertiary/aromatic N) is 2. The second kappa shape index (κ2) is 7.94. The average molecular weight is 441 g/mol. The first kappa shape index (κ1) is 20.0. The number of rotatable bonds is 5. The number of sulfonamides is 1. The second-order valence-electron chi connectivity index (χ2n) is 7.52. The van der Waals surface area contributed by atoms with Crippen molar-refractivity contribution in [2.75, 3.05) is 10.0 Å². The van der Waals surface area contributed by atoms with Gasteiger partial charge in [-0.05, 0) is 59.7 Å². The Hall–Kier alpha value is -3.97. The largest absolute Gasteiger partial charge is 0.337 e. The molecule has 0 amide bonds. The normalized spacial score (nSPS) is 11.5. The molecule has 0 saturated heterocycles. The number of para-hydroxylation sites is 2. The lowest BCUT2D eigenvalue weighted by atomic mass is 10.1. The molecule has 32 heavy (non-hydrogen) atoms. The van der Waals surface area contributed by atoms with Crippen molar-refractivity contribution in [2.24, 2.45) is 0 Å². The molecule has 0 atom stereocenters. The summed E-state index contributed by atoms with van der Waals surface area (Å²) in [6, 6.07) is 28.0. The van der Waals surface area contributed by atoms with E-state index in [4.69, 9.17) is 0 Å². The Morgan fingerprint density at radius 2 is 1.38 bits per heavy atom. The molecule has 0 bridgehead atoms. The molecule has 6 nitrogen and oxygen atoms in total. The van der Waals surface area contributed by atoms with E-state index in [9.17, 15) is 8.42 Å². The minimum Gasteiger partial charge on any atom is -0.337 e. The van der Waals surface area contributed by atoms with Crippen LogP contribution >= 0.6 is 0 Å². The van der Waals surface area contributed by atoms with Gasteiger partial charge in [-0.2, -0.15) is 0 Å². The van der Waals surface area contributed by atoms with Gasteiger partial charge in [-0.25, -0.2) is 18.4 Å². The van der Waals surface area contributed by atoms with Crippen LogP contribution in [0.3, 0.4) is 0 Å². The first-order valence-corrected chi connectivity index (χ1v) is 11.6. The number of fused-ring (bicyclic) bond motifs is 2. The van der Waals surface area contributed by atoms with Crippen molar-refractivity contribution < 1.29 is 8.42 Å². The van der Waals surface area contributed by atoms with Gasteiger partial charge in [-0.1, -0.05) is 54.6 Å². The number of hydrogen-bond donors (Lipinski definition) is 2. The van der Waals surface area contributed by atoms with E-state index in [1.165, 1.54) is 0 Å². The van der Waals surface area contributed by atoms with Gasteiger partial charge in [0.05, 0.1) is 15.9 Å². The maximum atomic E-state index is 13.1. The van der Waals surface area contributed by atoms with Gasteiger partial charge in [0, 0.05) is 5.69 Å². The number of aryl methyl sites for hydroxylation is 1. The standard InChI is InChI=1S/C25H20N4O2S/c1-17-7-6-10-21(15-17)32(30,31)29-25-24(27-22-11-4-5-12-23(22)28-25)26-20-14-13-18-8-2-3-9-19(18)16-20/h2-16H,1H3,(H,26,27)(H,28,29). The molecule has 0 saturated carbocycles. The van der Waals surface area contributed by atoms with Crippen LogP contribution in [0, 0.1) is 6.92 Å². The number of benzene rings is 4. The monoisotopic (exact) mass is 440 g/mol. The Morgan fingerprint density at radius 1 is 0.688 bits per heavy atom. The number of nitrogens with one attached hydrogen (secondary N) is 2. The maximum absolute atomic E-state index is 13.1. The van der Waals surface area contributed by atoms with Crippen molar-refractivity contribution in [2.45, 2.75) is 11.8 Å². The van der Waals surface area contributed by atoms with Crippen molar-refractivity contribution in [1.82, 2.24) is 9.97 Å². The number of aromatic nitrogens is 2. The minimum atomic E-state index is -3.85. The third kappa shape index (κ3) is 3.98. The summed E-state index contributed by atoms with van der Waals surface area (Å²) in [4.78, 5) is 9.37. The topological polar surface area (TPSA) is 84.0 Å². The van der Waals surface area contributed by atoms with Crippen LogP contribution in [0.25, 0.3) is 21.8 Å². The first-order valence-electron chi connectivity index (χ1n) is 10.1. The fourth-order valence-electron chi connectivity index (χ4n) is 3.53. The van der Waals surface area contributed by atoms with E-state index in [0.29, 0.717) is 16.9 Å². The lowest BCUT2D eigenvalue weighted by Crippen LogP contribution is -2.16. The van der Waals surface area contributed by atoms with E-state index in [-0.39, 0.29) is 10.7 Å². The Labute approximate surface area is 186 Å². The van der Waals surface area contributed by atoms with E-state index in [1.54, 1.807) is 24.3 Å². The van der Waals surface area contributed by atoms with Gasteiger partial charge in [-0.15, -0.1) is 0 Å².